The molecule has 0 saturated carbocycles. The maximum Gasteiger partial charge on any atom is 0.180 e. The molecule has 1 aliphatic rings. The first-order valence-corrected chi connectivity index (χ1v) is 4.24. The van der Waals surface area contributed by atoms with Gasteiger partial charge >= 0.3 is 0 Å². The molecule has 0 fully saturated rings. The van der Waals surface area contributed by atoms with Crippen molar-refractivity contribution in [2.45, 2.75) is 19.3 Å². The smallest absolute Gasteiger partial charge is 0.180 e. The van der Waals surface area contributed by atoms with Crippen molar-refractivity contribution >= 4 is 5.57 Å². The normalized spacial score (nSPS) is 16.2. The molecule has 0 N–H and O–H groups in total. The minimum Gasteiger partial charge on any atom is -0.619 e. The van der Waals surface area contributed by atoms with Crippen molar-refractivity contribution in [3.05, 3.63) is 41.4 Å². The van der Waals surface area contributed by atoms with Gasteiger partial charge in [0, 0.05) is 12.1 Å². The lowest BCUT2D eigenvalue weighted by Gasteiger charge is -2.00. The number of pyridine rings is 1. The Morgan fingerprint density at radius 1 is 1.25 bits per heavy atom. The third-order valence-corrected chi connectivity index (χ3v) is 2.21. The molecule has 0 bridgehead atoms. The van der Waals surface area contributed by atoms with E-state index in [4.69, 9.17) is 0 Å². The maximum atomic E-state index is 10.7. The van der Waals surface area contributed by atoms with E-state index < -0.39 is 0 Å². The summed E-state index contributed by atoms with van der Waals surface area (Å²) < 4.78 is 0.818. The molecule has 1 aromatic heterocycles. The highest BCUT2D eigenvalue weighted by Crippen LogP contribution is 2.26. The van der Waals surface area contributed by atoms with Crippen LogP contribution in [0.5, 0.6) is 0 Å². The lowest BCUT2D eigenvalue weighted by Crippen LogP contribution is -2.23. The Bertz CT molecular complexity index is 300. The maximum absolute atomic E-state index is 10.7. The highest BCUT2D eigenvalue weighted by molar-refractivity contribution is 5.66. The largest absolute Gasteiger partial charge is 0.619 e. The van der Waals surface area contributed by atoms with Crippen LogP contribution >= 0.6 is 0 Å². The van der Waals surface area contributed by atoms with Crippen LogP contribution in [0.2, 0.25) is 0 Å². The molecule has 2 nitrogen and oxygen atoms in total. The molecule has 0 radical (unpaired) electrons. The molecule has 1 aliphatic carbocycles. The van der Waals surface area contributed by atoms with E-state index in [0.717, 1.165) is 11.2 Å². The molecule has 0 atom stereocenters. The zero-order valence-corrected chi connectivity index (χ0v) is 6.86. The van der Waals surface area contributed by atoms with Crippen LogP contribution in [-0.2, 0) is 0 Å². The Labute approximate surface area is 71.7 Å². The Morgan fingerprint density at radius 2 is 2.00 bits per heavy atom. The van der Waals surface area contributed by atoms with E-state index in [1.807, 2.05) is 12.1 Å². The highest BCUT2D eigenvalue weighted by Gasteiger charge is 2.06. The van der Waals surface area contributed by atoms with Gasteiger partial charge in [0.1, 0.15) is 0 Å². The van der Waals surface area contributed by atoms with E-state index in [1.165, 1.54) is 24.0 Å². The third kappa shape index (κ3) is 1.33. The SMILES string of the molecule is [O-][n+]1ccc(C2=CCCC2)cc1. The highest BCUT2D eigenvalue weighted by atomic mass is 16.5. The quantitative estimate of drug-likeness (QED) is 0.456. The number of hydrogen-bond acceptors (Lipinski definition) is 1. The minimum absolute atomic E-state index is 0.818. The average Bonchev–Trinajstić information content (AvgIpc) is 2.58. The van der Waals surface area contributed by atoms with Gasteiger partial charge in [0.05, 0.1) is 0 Å². The fourth-order valence-corrected chi connectivity index (χ4v) is 1.56. The average molecular weight is 161 g/mol. The van der Waals surface area contributed by atoms with Gasteiger partial charge in [-0.25, -0.2) is 0 Å². The molecule has 0 aromatic carbocycles. The van der Waals surface area contributed by atoms with Crippen molar-refractivity contribution in [2.24, 2.45) is 0 Å². The molecule has 12 heavy (non-hydrogen) atoms. The zero-order valence-electron chi connectivity index (χ0n) is 6.86. The minimum atomic E-state index is 0.818. The van der Waals surface area contributed by atoms with Crippen LogP contribution in [0.1, 0.15) is 24.8 Å². The molecule has 62 valence electrons. The topological polar surface area (TPSA) is 26.9 Å². The lowest BCUT2D eigenvalue weighted by atomic mass is 10.1. The predicted molar refractivity (Wildman–Crippen MR) is 47.2 cm³/mol. The van der Waals surface area contributed by atoms with E-state index >= 15 is 0 Å². The molecule has 0 saturated heterocycles. The van der Waals surface area contributed by atoms with Gasteiger partial charge in [0.2, 0.25) is 0 Å². The fourth-order valence-electron chi connectivity index (χ4n) is 1.56. The first-order valence-electron chi connectivity index (χ1n) is 4.24. The summed E-state index contributed by atoms with van der Waals surface area (Å²) in [5.41, 5.74) is 2.58. The van der Waals surface area contributed by atoms with Gasteiger partial charge in [-0.2, -0.15) is 4.73 Å². The van der Waals surface area contributed by atoms with Crippen molar-refractivity contribution in [3.8, 4) is 0 Å². The molecule has 0 aliphatic heterocycles. The summed E-state index contributed by atoms with van der Waals surface area (Å²) in [6.45, 7) is 0. The molecule has 0 spiro atoms. The first kappa shape index (κ1) is 7.35. The van der Waals surface area contributed by atoms with Crippen LogP contribution in [-0.4, -0.2) is 0 Å². The van der Waals surface area contributed by atoms with E-state index in [0.29, 0.717) is 0 Å². The number of rotatable bonds is 1. The van der Waals surface area contributed by atoms with Gasteiger partial charge in [-0.3, -0.25) is 0 Å². The van der Waals surface area contributed by atoms with Gasteiger partial charge < -0.3 is 5.21 Å². The first-order chi connectivity index (χ1) is 5.86. The molecule has 0 unspecified atom stereocenters. The van der Waals surface area contributed by atoms with E-state index in [2.05, 4.69) is 6.08 Å². The summed E-state index contributed by atoms with van der Waals surface area (Å²) >= 11 is 0. The van der Waals surface area contributed by atoms with Gasteiger partial charge in [0.25, 0.3) is 0 Å². The van der Waals surface area contributed by atoms with Gasteiger partial charge in [-0.05, 0) is 30.4 Å². The van der Waals surface area contributed by atoms with E-state index in [9.17, 15) is 5.21 Å². The Morgan fingerprint density at radius 3 is 2.58 bits per heavy atom. The van der Waals surface area contributed by atoms with Crippen LogP contribution in [0.25, 0.3) is 5.57 Å². The summed E-state index contributed by atoms with van der Waals surface area (Å²) in [6, 6.07) is 3.76. The lowest BCUT2D eigenvalue weighted by molar-refractivity contribution is -0.605. The summed E-state index contributed by atoms with van der Waals surface area (Å²) in [5.74, 6) is 0. The number of aromatic nitrogens is 1. The van der Waals surface area contributed by atoms with Crippen molar-refractivity contribution in [3.63, 3.8) is 0 Å². The van der Waals surface area contributed by atoms with Crippen molar-refractivity contribution in [2.75, 3.05) is 0 Å². The number of hydrogen-bond donors (Lipinski definition) is 0. The second kappa shape index (κ2) is 2.97. The molecule has 1 heterocycles. The van der Waals surface area contributed by atoms with Crippen LogP contribution < -0.4 is 4.73 Å². The van der Waals surface area contributed by atoms with Crippen molar-refractivity contribution in [1.82, 2.24) is 0 Å². The van der Waals surface area contributed by atoms with Crippen LogP contribution in [0.15, 0.2) is 30.6 Å². The van der Waals surface area contributed by atoms with Crippen molar-refractivity contribution in [1.29, 1.82) is 0 Å². The number of nitrogens with zero attached hydrogens (tertiary/aromatic N) is 1. The summed E-state index contributed by atoms with van der Waals surface area (Å²) in [5, 5.41) is 10.7. The van der Waals surface area contributed by atoms with Crippen LogP contribution in [0.3, 0.4) is 0 Å². The molecule has 1 aromatic rings. The second-order valence-corrected chi connectivity index (χ2v) is 3.07. The summed E-state index contributed by atoms with van der Waals surface area (Å²) in [7, 11) is 0. The molecular formula is C10H11NO. The van der Waals surface area contributed by atoms with Crippen LogP contribution in [0.4, 0.5) is 0 Å². The molecular weight excluding hydrogens is 150 g/mol. The van der Waals surface area contributed by atoms with Gasteiger partial charge in [-0.1, -0.05) is 6.08 Å². The third-order valence-electron chi connectivity index (χ3n) is 2.21. The Kier molecular flexibility index (Phi) is 1.82. The molecule has 0 amide bonds. The standard InChI is InChI=1S/C10H11NO/c12-11-7-5-10(6-8-11)9-3-1-2-4-9/h3,5-8H,1-2,4H2. The summed E-state index contributed by atoms with van der Waals surface area (Å²) in [6.07, 6.45) is 8.94. The Balaban J connectivity index is 2.28. The zero-order chi connectivity index (χ0) is 8.39. The monoisotopic (exact) mass is 161 g/mol. The second-order valence-electron chi connectivity index (χ2n) is 3.07. The van der Waals surface area contributed by atoms with Crippen molar-refractivity contribution < 1.29 is 4.73 Å². The van der Waals surface area contributed by atoms with Gasteiger partial charge in [-0.15, -0.1) is 0 Å². The molecule has 2 heteroatoms. The molecule has 2 rings (SSSR count). The fraction of sp³-hybridized carbons (Fsp3) is 0.300. The van der Waals surface area contributed by atoms with E-state index in [-0.39, 0.29) is 0 Å². The Hall–Kier alpha value is -1.31. The summed E-state index contributed by atoms with van der Waals surface area (Å²) in [4.78, 5) is 0. The van der Waals surface area contributed by atoms with E-state index in [1.54, 1.807) is 12.4 Å². The van der Waals surface area contributed by atoms with Gasteiger partial charge in [0.15, 0.2) is 12.4 Å². The van der Waals surface area contributed by atoms with Crippen LogP contribution in [0, 0.1) is 5.21 Å². The number of allylic oxidation sites excluding steroid dienone is 2. The predicted octanol–water partition coefficient (Wildman–Crippen LogP) is 1.89.